The molecule has 1 aliphatic heterocycles. The number of methoxy groups -OCH3 is 1. The number of fused-ring (bicyclic) bond motifs is 1. The quantitative estimate of drug-likeness (QED) is 0.355. The molecule has 0 radical (unpaired) electrons. The van der Waals surface area contributed by atoms with Crippen LogP contribution in [0.15, 0.2) is 48.9 Å². The number of morpholine rings is 1. The van der Waals surface area contributed by atoms with Crippen LogP contribution in [0.25, 0.3) is 11.0 Å². The van der Waals surface area contributed by atoms with Crippen molar-refractivity contribution in [3.63, 3.8) is 0 Å². The standard InChI is InChI=1S/C28H30N6O3/c1-19(2)34-17-21(15-31-34)18-37-25-7-4-20(13-26(25)35-3)12-22-5-6-24-28(23(22)14-29)32-27(16-30-24)33-8-10-36-11-9-33/h4-7,13,15-17,19H,8-12,18H2,1-3H3. The first-order valence-corrected chi connectivity index (χ1v) is 12.4. The molecule has 0 atom stereocenters. The van der Waals surface area contributed by atoms with E-state index in [1.54, 1.807) is 13.3 Å². The van der Waals surface area contributed by atoms with E-state index in [9.17, 15) is 5.26 Å². The van der Waals surface area contributed by atoms with E-state index in [-0.39, 0.29) is 0 Å². The zero-order valence-corrected chi connectivity index (χ0v) is 21.3. The van der Waals surface area contributed by atoms with Gasteiger partial charge >= 0.3 is 0 Å². The smallest absolute Gasteiger partial charge is 0.161 e. The van der Waals surface area contributed by atoms with Crippen molar-refractivity contribution < 1.29 is 14.2 Å². The molecule has 0 N–H and O–H groups in total. The largest absolute Gasteiger partial charge is 0.493 e. The number of nitriles is 1. The summed E-state index contributed by atoms with van der Waals surface area (Å²) in [4.78, 5) is 11.5. The third-order valence-electron chi connectivity index (χ3n) is 6.44. The van der Waals surface area contributed by atoms with Crippen molar-refractivity contribution in [2.75, 3.05) is 38.3 Å². The molecule has 9 heteroatoms. The van der Waals surface area contributed by atoms with Crippen molar-refractivity contribution in [2.45, 2.75) is 32.9 Å². The summed E-state index contributed by atoms with van der Waals surface area (Å²) in [6.07, 6.45) is 6.13. The summed E-state index contributed by atoms with van der Waals surface area (Å²) in [7, 11) is 1.63. The van der Waals surface area contributed by atoms with Gasteiger partial charge in [0.05, 0.1) is 43.8 Å². The summed E-state index contributed by atoms with van der Waals surface area (Å²) in [5.41, 5.74) is 4.76. The normalized spacial score (nSPS) is 13.6. The van der Waals surface area contributed by atoms with Crippen LogP contribution in [0.5, 0.6) is 11.5 Å². The van der Waals surface area contributed by atoms with E-state index in [1.165, 1.54) is 0 Å². The van der Waals surface area contributed by atoms with Gasteiger partial charge in [-0.05, 0) is 49.6 Å². The van der Waals surface area contributed by atoms with Gasteiger partial charge in [-0.25, -0.2) is 4.98 Å². The molecular formula is C28H30N6O3. The van der Waals surface area contributed by atoms with Crippen molar-refractivity contribution in [3.05, 3.63) is 71.2 Å². The summed E-state index contributed by atoms with van der Waals surface area (Å²) in [5, 5.41) is 14.4. The molecular weight excluding hydrogens is 468 g/mol. The second-order valence-electron chi connectivity index (χ2n) is 9.28. The summed E-state index contributed by atoms with van der Waals surface area (Å²) in [6.45, 7) is 7.41. The number of aromatic nitrogens is 4. The van der Waals surface area contributed by atoms with Crippen LogP contribution in [0, 0.1) is 11.3 Å². The molecule has 9 nitrogen and oxygen atoms in total. The van der Waals surface area contributed by atoms with Crippen molar-refractivity contribution in [3.8, 4) is 17.6 Å². The summed E-state index contributed by atoms with van der Waals surface area (Å²) >= 11 is 0. The maximum Gasteiger partial charge on any atom is 0.161 e. The lowest BCUT2D eigenvalue weighted by Crippen LogP contribution is -2.36. The van der Waals surface area contributed by atoms with Gasteiger partial charge in [-0.1, -0.05) is 12.1 Å². The molecule has 0 spiro atoms. The number of hydrogen-bond donors (Lipinski definition) is 0. The lowest BCUT2D eigenvalue weighted by Gasteiger charge is -2.27. The van der Waals surface area contributed by atoms with Gasteiger partial charge < -0.3 is 19.1 Å². The van der Waals surface area contributed by atoms with Crippen LogP contribution in [-0.4, -0.2) is 53.2 Å². The molecule has 2 aromatic carbocycles. The maximum absolute atomic E-state index is 10.1. The predicted octanol–water partition coefficient (Wildman–Crippen LogP) is 4.29. The molecule has 37 heavy (non-hydrogen) atoms. The molecule has 0 amide bonds. The zero-order valence-electron chi connectivity index (χ0n) is 21.3. The topological polar surface area (TPSA) is 98.3 Å². The van der Waals surface area contributed by atoms with E-state index in [2.05, 4.69) is 34.9 Å². The minimum atomic E-state index is 0.299. The Kier molecular flexibility index (Phi) is 7.19. The predicted molar refractivity (Wildman–Crippen MR) is 140 cm³/mol. The molecule has 4 aromatic rings. The van der Waals surface area contributed by atoms with E-state index in [1.807, 2.05) is 47.4 Å². The fourth-order valence-electron chi connectivity index (χ4n) is 4.38. The fourth-order valence-corrected chi connectivity index (χ4v) is 4.38. The highest BCUT2D eigenvalue weighted by Crippen LogP contribution is 2.31. The Balaban J connectivity index is 1.37. The highest BCUT2D eigenvalue weighted by atomic mass is 16.5. The van der Waals surface area contributed by atoms with Gasteiger partial charge in [0.1, 0.15) is 24.0 Å². The number of anilines is 1. The number of benzene rings is 2. The molecule has 0 aliphatic carbocycles. The van der Waals surface area contributed by atoms with Crippen molar-refractivity contribution in [2.24, 2.45) is 0 Å². The van der Waals surface area contributed by atoms with Crippen LogP contribution in [0.2, 0.25) is 0 Å². The Morgan fingerprint density at radius 1 is 1.08 bits per heavy atom. The second kappa shape index (κ2) is 10.8. The van der Waals surface area contributed by atoms with Gasteiger partial charge in [0.25, 0.3) is 0 Å². The Labute approximate surface area is 216 Å². The molecule has 0 unspecified atom stereocenters. The summed E-state index contributed by atoms with van der Waals surface area (Å²) in [6, 6.07) is 12.4. The second-order valence-corrected chi connectivity index (χ2v) is 9.28. The van der Waals surface area contributed by atoms with Crippen molar-refractivity contribution in [1.29, 1.82) is 5.26 Å². The number of nitrogens with zero attached hydrogens (tertiary/aromatic N) is 6. The molecule has 190 valence electrons. The van der Waals surface area contributed by atoms with E-state index in [0.29, 0.717) is 60.4 Å². The lowest BCUT2D eigenvalue weighted by molar-refractivity contribution is 0.122. The molecule has 3 heterocycles. The van der Waals surface area contributed by atoms with Gasteiger partial charge in [-0.15, -0.1) is 0 Å². The van der Waals surface area contributed by atoms with Crippen LogP contribution in [-0.2, 0) is 17.8 Å². The Morgan fingerprint density at radius 2 is 1.92 bits per heavy atom. The lowest BCUT2D eigenvalue weighted by atomic mass is 9.98. The van der Waals surface area contributed by atoms with E-state index < -0.39 is 0 Å². The first-order chi connectivity index (χ1) is 18.1. The highest BCUT2D eigenvalue weighted by Gasteiger charge is 2.17. The zero-order chi connectivity index (χ0) is 25.8. The number of ether oxygens (including phenoxy) is 3. The van der Waals surface area contributed by atoms with Gasteiger partial charge in [-0.2, -0.15) is 10.4 Å². The average molecular weight is 499 g/mol. The summed E-state index contributed by atoms with van der Waals surface area (Å²) in [5.74, 6) is 2.07. The maximum atomic E-state index is 10.1. The Bertz CT molecular complexity index is 1440. The molecule has 1 fully saturated rings. The first kappa shape index (κ1) is 24.5. The molecule has 0 bridgehead atoms. The molecule has 5 rings (SSSR count). The molecule has 1 aliphatic rings. The molecule has 0 saturated carbocycles. The SMILES string of the molecule is COc1cc(Cc2ccc3ncc(N4CCOCC4)nc3c2C#N)ccc1OCc1cnn(C(C)C)c1. The summed E-state index contributed by atoms with van der Waals surface area (Å²) < 4.78 is 19.0. The van der Waals surface area contributed by atoms with Crippen LogP contribution < -0.4 is 14.4 Å². The van der Waals surface area contributed by atoms with Crippen molar-refractivity contribution >= 4 is 16.9 Å². The van der Waals surface area contributed by atoms with Crippen LogP contribution >= 0.6 is 0 Å². The van der Waals surface area contributed by atoms with Crippen LogP contribution in [0.3, 0.4) is 0 Å². The minimum absolute atomic E-state index is 0.299. The first-order valence-electron chi connectivity index (χ1n) is 12.4. The Morgan fingerprint density at radius 3 is 2.65 bits per heavy atom. The van der Waals surface area contributed by atoms with Crippen LogP contribution in [0.4, 0.5) is 5.82 Å². The van der Waals surface area contributed by atoms with Gasteiger partial charge in [-0.3, -0.25) is 9.67 Å². The molecule has 1 saturated heterocycles. The van der Waals surface area contributed by atoms with Crippen molar-refractivity contribution in [1.82, 2.24) is 19.7 Å². The average Bonchev–Trinajstić information content (AvgIpc) is 3.42. The van der Waals surface area contributed by atoms with Gasteiger partial charge in [0, 0.05) is 30.9 Å². The third kappa shape index (κ3) is 5.34. The van der Waals surface area contributed by atoms with Crippen LogP contribution in [0.1, 0.15) is 42.1 Å². The Hall–Kier alpha value is -4.16. The molecule has 2 aromatic heterocycles. The number of rotatable bonds is 8. The third-order valence-corrected chi connectivity index (χ3v) is 6.44. The monoisotopic (exact) mass is 498 g/mol. The minimum Gasteiger partial charge on any atom is -0.493 e. The van der Waals surface area contributed by atoms with E-state index in [0.717, 1.165) is 35.6 Å². The van der Waals surface area contributed by atoms with E-state index in [4.69, 9.17) is 19.2 Å². The van der Waals surface area contributed by atoms with E-state index >= 15 is 0 Å². The highest BCUT2D eigenvalue weighted by molar-refractivity contribution is 5.83. The number of hydrogen-bond acceptors (Lipinski definition) is 8. The van der Waals surface area contributed by atoms with Gasteiger partial charge in [0.15, 0.2) is 11.5 Å². The van der Waals surface area contributed by atoms with Gasteiger partial charge in [0.2, 0.25) is 0 Å². The fraction of sp³-hybridized carbons (Fsp3) is 0.357.